The molecule has 1 aliphatic heterocycles. The molecule has 5 nitrogen and oxygen atoms in total. The molecule has 1 aliphatic rings. The molecule has 0 aromatic heterocycles. The maximum atomic E-state index is 12.8. The molecule has 2 aromatic rings. The SMILES string of the molecule is C=CCOc1ccc(/C(O)=C2\C(=O)C(=O)N(CCCC)C2c2ccccc2)cc1. The smallest absolute Gasteiger partial charge is 0.295 e. The van der Waals surface area contributed by atoms with E-state index in [0.29, 0.717) is 24.5 Å². The highest BCUT2D eigenvalue weighted by atomic mass is 16.5. The van der Waals surface area contributed by atoms with Gasteiger partial charge in [-0.25, -0.2) is 0 Å². The quantitative estimate of drug-likeness (QED) is 0.312. The van der Waals surface area contributed by atoms with Gasteiger partial charge < -0.3 is 14.7 Å². The number of benzene rings is 2. The zero-order chi connectivity index (χ0) is 20.8. The lowest BCUT2D eigenvalue weighted by molar-refractivity contribution is -0.139. The van der Waals surface area contributed by atoms with E-state index in [9.17, 15) is 14.7 Å². The predicted molar refractivity (Wildman–Crippen MR) is 112 cm³/mol. The molecule has 5 heteroatoms. The van der Waals surface area contributed by atoms with E-state index in [1.165, 1.54) is 0 Å². The van der Waals surface area contributed by atoms with Crippen molar-refractivity contribution in [3.8, 4) is 5.75 Å². The lowest BCUT2D eigenvalue weighted by atomic mass is 9.95. The Kier molecular flexibility index (Phi) is 6.50. The predicted octanol–water partition coefficient (Wildman–Crippen LogP) is 4.47. The molecule has 0 saturated carbocycles. The van der Waals surface area contributed by atoms with Crippen LogP contribution in [0.2, 0.25) is 0 Å². The summed E-state index contributed by atoms with van der Waals surface area (Å²) in [5.41, 5.74) is 1.39. The number of hydrogen-bond acceptors (Lipinski definition) is 4. The molecule has 0 aliphatic carbocycles. The van der Waals surface area contributed by atoms with Crippen molar-refractivity contribution >= 4 is 17.4 Å². The molecule has 1 fully saturated rings. The number of nitrogens with zero attached hydrogens (tertiary/aromatic N) is 1. The molecule has 2 aromatic carbocycles. The molecule has 1 atom stereocenters. The third-order valence-electron chi connectivity index (χ3n) is 4.90. The van der Waals surface area contributed by atoms with E-state index in [1.807, 2.05) is 37.3 Å². The van der Waals surface area contributed by atoms with Crippen LogP contribution in [0.4, 0.5) is 0 Å². The minimum Gasteiger partial charge on any atom is -0.507 e. The van der Waals surface area contributed by atoms with Crippen LogP contribution in [0.5, 0.6) is 5.75 Å². The minimum absolute atomic E-state index is 0.122. The highest BCUT2D eigenvalue weighted by molar-refractivity contribution is 6.46. The normalized spacial score (nSPS) is 18.1. The Morgan fingerprint density at radius 3 is 2.45 bits per heavy atom. The van der Waals surface area contributed by atoms with Gasteiger partial charge in [0, 0.05) is 12.1 Å². The van der Waals surface area contributed by atoms with E-state index in [1.54, 1.807) is 35.2 Å². The standard InChI is InChI=1S/C24H25NO4/c1-3-5-15-25-21(17-9-7-6-8-10-17)20(23(27)24(25)28)22(26)18-11-13-19(14-12-18)29-16-4-2/h4,6-14,21,26H,2-3,5,15-16H2,1H3/b22-20+. The van der Waals surface area contributed by atoms with Crippen molar-refractivity contribution in [3.05, 3.63) is 84.0 Å². The Labute approximate surface area is 170 Å². The van der Waals surface area contributed by atoms with E-state index >= 15 is 0 Å². The van der Waals surface area contributed by atoms with Gasteiger partial charge in [0.05, 0.1) is 11.6 Å². The molecular weight excluding hydrogens is 366 g/mol. The summed E-state index contributed by atoms with van der Waals surface area (Å²) in [5, 5.41) is 11.0. The Bertz CT molecular complexity index is 916. The number of likely N-dealkylation sites (tertiary alicyclic amines) is 1. The molecule has 0 bridgehead atoms. The van der Waals surface area contributed by atoms with Crippen molar-refractivity contribution in [1.82, 2.24) is 4.90 Å². The van der Waals surface area contributed by atoms with Gasteiger partial charge in [0.2, 0.25) is 0 Å². The number of Topliss-reactive ketones (excluding diaryl/α,β-unsaturated/α-hetero) is 1. The number of amides is 1. The van der Waals surface area contributed by atoms with Gasteiger partial charge in [0.15, 0.2) is 0 Å². The first-order valence-electron chi connectivity index (χ1n) is 9.76. The van der Waals surface area contributed by atoms with Gasteiger partial charge in [-0.15, -0.1) is 0 Å². The van der Waals surface area contributed by atoms with Crippen LogP contribution < -0.4 is 4.74 Å². The Morgan fingerprint density at radius 1 is 1.14 bits per heavy atom. The lowest BCUT2D eigenvalue weighted by Crippen LogP contribution is -2.30. The van der Waals surface area contributed by atoms with Gasteiger partial charge in [-0.05, 0) is 36.2 Å². The molecule has 1 saturated heterocycles. The molecule has 1 amide bonds. The molecule has 150 valence electrons. The van der Waals surface area contributed by atoms with Crippen LogP contribution >= 0.6 is 0 Å². The Hall–Kier alpha value is -3.34. The first-order valence-corrected chi connectivity index (χ1v) is 9.76. The highest BCUT2D eigenvalue weighted by Gasteiger charge is 2.45. The molecule has 1 N–H and O–H groups in total. The van der Waals surface area contributed by atoms with Crippen LogP contribution in [0, 0.1) is 0 Å². The van der Waals surface area contributed by atoms with Crippen molar-refractivity contribution in [2.45, 2.75) is 25.8 Å². The number of unbranched alkanes of at least 4 members (excludes halogenated alkanes) is 1. The molecule has 0 spiro atoms. The summed E-state index contributed by atoms with van der Waals surface area (Å²) in [7, 11) is 0. The molecule has 29 heavy (non-hydrogen) atoms. The summed E-state index contributed by atoms with van der Waals surface area (Å²) < 4.78 is 5.46. The summed E-state index contributed by atoms with van der Waals surface area (Å²) in [6, 6.07) is 15.5. The summed E-state index contributed by atoms with van der Waals surface area (Å²) in [4.78, 5) is 27.1. The second-order valence-electron chi connectivity index (χ2n) is 6.88. The summed E-state index contributed by atoms with van der Waals surface area (Å²) in [6.07, 6.45) is 3.33. The molecule has 0 radical (unpaired) electrons. The number of rotatable bonds is 8. The maximum Gasteiger partial charge on any atom is 0.295 e. The lowest BCUT2D eigenvalue weighted by Gasteiger charge is -2.25. The van der Waals surface area contributed by atoms with E-state index < -0.39 is 17.7 Å². The Morgan fingerprint density at radius 2 is 1.83 bits per heavy atom. The summed E-state index contributed by atoms with van der Waals surface area (Å²) in [5.74, 6) is -0.768. The van der Waals surface area contributed by atoms with E-state index in [-0.39, 0.29) is 11.3 Å². The molecular formula is C24H25NO4. The van der Waals surface area contributed by atoms with Gasteiger partial charge in [-0.2, -0.15) is 0 Å². The van der Waals surface area contributed by atoms with E-state index in [4.69, 9.17) is 4.74 Å². The topological polar surface area (TPSA) is 66.8 Å². The third-order valence-corrected chi connectivity index (χ3v) is 4.90. The fraction of sp³-hybridized carbons (Fsp3) is 0.250. The third kappa shape index (κ3) is 4.24. The van der Waals surface area contributed by atoms with Crippen LogP contribution in [0.15, 0.2) is 72.8 Å². The number of carbonyl (C=O) groups is 2. The number of aliphatic hydroxyl groups excluding tert-OH is 1. The van der Waals surface area contributed by atoms with Crippen molar-refractivity contribution in [3.63, 3.8) is 0 Å². The number of carbonyl (C=O) groups excluding carboxylic acids is 2. The maximum absolute atomic E-state index is 12.8. The van der Waals surface area contributed by atoms with Crippen LogP contribution in [-0.2, 0) is 9.59 Å². The number of ether oxygens (including phenoxy) is 1. The average Bonchev–Trinajstić information content (AvgIpc) is 3.01. The van der Waals surface area contributed by atoms with Gasteiger partial charge in [0.1, 0.15) is 18.1 Å². The summed E-state index contributed by atoms with van der Waals surface area (Å²) in [6.45, 7) is 6.48. The van der Waals surface area contributed by atoms with Gasteiger partial charge in [0.25, 0.3) is 11.7 Å². The van der Waals surface area contributed by atoms with Crippen LogP contribution in [0.25, 0.3) is 5.76 Å². The second kappa shape index (κ2) is 9.24. The fourth-order valence-electron chi connectivity index (χ4n) is 3.44. The van der Waals surface area contributed by atoms with Crippen LogP contribution in [0.3, 0.4) is 0 Å². The minimum atomic E-state index is -0.653. The van der Waals surface area contributed by atoms with E-state index in [0.717, 1.165) is 18.4 Å². The van der Waals surface area contributed by atoms with Crippen molar-refractivity contribution in [1.29, 1.82) is 0 Å². The Balaban J connectivity index is 2.04. The zero-order valence-electron chi connectivity index (χ0n) is 16.5. The van der Waals surface area contributed by atoms with Gasteiger partial charge >= 0.3 is 0 Å². The molecule has 3 rings (SSSR count). The first-order chi connectivity index (χ1) is 14.1. The van der Waals surface area contributed by atoms with Crippen molar-refractivity contribution in [2.24, 2.45) is 0 Å². The average molecular weight is 391 g/mol. The first kappa shape index (κ1) is 20.4. The highest BCUT2D eigenvalue weighted by Crippen LogP contribution is 2.39. The monoisotopic (exact) mass is 391 g/mol. The number of hydrogen-bond donors (Lipinski definition) is 1. The van der Waals surface area contributed by atoms with Crippen molar-refractivity contribution in [2.75, 3.05) is 13.2 Å². The number of aliphatic hydroxyl groups is 1. The van der Waals surface area contributed by atoms with Crippen molar-refractivity contribution < 1.29 is 19.4 Å². The van der Waals surface area contributed by atoms with Crippen LogP contribution in [0.1, 0.15) is 36.9 Å². The van der Waals surface area contributed by atoms with Gasteiger partial charge in [-0.3, -0.25) is 9.59 Å². The second-order valence-corrected chi connectivity index (χ2v) is 6.88. The summed E-state index contributed by atoms with van der Waals surface area (Å²) >= 11 is 0. The molecule has 1 heterocycles. The largest absolute Gasteiger partial charge is 0.507 e. The van der Waals surface area contributed by atoms with Gasteiger partial charge in [-0.1, -0.05) is 56.3 Å². The van der Waals surface area contributed by atoms with E-state index in [2.05, 4.69) is 6.58 Å². The number of ketones is 1. The molecule has 1 unspecified atom stereocenters. The zero-order valence-corrected chi connectivity index (χ0v) is 16.5. The fourth-order valence-corrected chi connectivity index (χ4v) is 3.44. The van der Waals surface area contributed by atoms with Crippen LogP contribution in [-0.4, -0.2) is 34.8 Å².